The summed E-state index contributed by atoms with van der Waals surface area (Å²) in [6.07, 6.45) is 0.917. The molecule has 1 aromatic carbocycles. The highest BCUT2D eigenvalue weighted by Crippen LogP contribution is 2.35. The molecule has 13 heavy (non-hydrogen) atoms. The predicted molar refractivity (Wildman–Crippen MR) is 54.1 cm³/mol. The monoisotopic (exact) mass is 215 g/mol. The standard InChI is InChI=1S/C10H9Cl2O/c11-9-3-1-2-8(10(9)12)7-4-5-13-6-7/h1-3,5,7H,4,6H2. The first kappa shape index (κ1) is 9.32. The fourth-order valence-corrected chi connectivity index (χ4v) is 1.95. The first-order valence-corrected chi connectivity index (χ1v) is 4.92. The van der Waals surface area contributed by atoms with Gasteiger partial charge in [-0.15, -0.1) is 0 Å². The van der Waals surface area contributed by atoms with Crippen LogP contribution in [0.3, 0.4) is 0 Å². The van der Waals surface area contributed by atoms with Crippen molar-refractivity contribution in [2.45, 2.75) is 12.3 Å². The summed E-state index contributed by atoms with van der Waals surface area (Å²) >= 11 is 12.0. The molecule has 1 unspecified atom stereocenters. The van der Waals surface area contributed by atoms with Crippen molar-refractivity contribution in [2.24, 2.45) is 0 Å². The van der Waals surface area contributed by atoms with Gasteiger partial charge in [-0.25, -0.2) is 0 Å². The summed E-state index contributed by atoms with van der Waals surface area (Å²) in [5.41, 5.74) is 1.09. The zero-order chi connectivity index (χ0) is 9.26. The smallest absolute Gasteiger partial charge is 0.0843 e. The van der Waals surface area contributed by atoms with E-state index in [-0.39, 0.29) is 0 Å². The summed E-state index contributed by atoms with van der Waals surface area (Å²) in [5.74, 6) is 0.367. The second-order valence-electron chi connectivity index (χ2n) is 3.08. The first-order valence-electron chi connectivity index (χ1n) is 4.16. The van der Waals surface area contributed by atoms with Gasteiger partial charge >= 0.3 is 0 Å². The van der Waals surface area contributed by atoms with Crippen molar-refractivity contribution in [2.75, 3.05) is 6.61 Å². The SMILES string of the molecule is Clc1cccc(C2C[CH]OC2)c1Cl. The maximum absolute atomic E-state index is 6.07. The molecular weight excluding hydrogens is 207 g/mol. The molecule has 69 valence electrons. The number of halogens is 2. The first-order chi connectivity index (χ1) is 6.29. The minimum absolute atomic E-state index is 0.367. The molecule has 0 amide bonds. The van der Waals surface area contributed by atoms with E-state index in [2.05, 4.69) is 0 Å². The molecule has 0 N–H and O–H groups in total. The molecule has 0 spiro atoms. The fraction of sp³-hybridized carbons (Fsp3) is 0.300. The van der Waals surface area contributed by atoms with Gasteiger partial charge in [0.2, 0.25) is 0 Å². The quantitative estimate of drug-likeness (QED) is 0.695. The molecule has 0 aliphatic carbocycles. The van der Waals surface area contributed by atoms with E-state index in [0.29, 0.717) is 22.6 Å². The van der Waals surface area contributed by atoms with Gasteiger partial charge < -0.3 is 4.74 Å². The van der Waals surface area contributed by atoms with Crippen LogP contribution < -0.4 is 0 Å². The van der Waals surface area contributed by atoms with Gasteiger partial charge in [0.05, 0.1) is 23.3 Å². The average molecular weight is 216 g/mol. The van der Waals surface area contributed by atoms with Crippen LogP contribution >= 0.6 is 23.2 Å². The van der Waals surface area contributed by atoms with Crippen molar-refractivity contribution >= 4 is 23.2 Å². The average Bonchev–Trinajstić information content (AvgIpc) is 2.62. The highest BCUT2D eigenvalue weighted by Gasteiger charge is 2.21. The summed E-state index contributed by atoms with van der Waals surface area (Å²) in [4.78, 5) is 0. The van der Waals surface area contributed by atoms with Crippen molar-refractivity contribution < 1.29 is 4.74 Å². The van der Waals surface area contributed by atoms with Crippen LogP contribution in [0.25, 0.3) is 0 Å². The van der Waals surface area contributed by atoms with Crippen molar-refractivity contribution in [3.63, 3.8) is 0 Å². The second-order valence-corrected chi connectivity index (χ2v) is 3.86. The molecular formula is C10H9Cl2O. The Kier molecular flexibility index (Phi) is 2.77. The summed E-state index contributed by atoms with van der Waals surface area (Å²) < 4.78 is 5.18. The van der Waals surface area contributed by atoms with E-state index in [4.69, 9.17) is 27.9 Å². The third-order valence-electron chi connectivity index (χ3n) is 2.22. The van der Waals surface area contributed by atoms with Crippen molar-refractivity contribution in [3.05, 3.63) is 40.4 Å². The molecule has 1 aliphatic rings. The number of ether oxygens (including phenoxy) is 1. The number of benzene rings is 1. The van der Waals surface area contributed by atoms with E-state index in [1.54, 1.807) is 6.07 Å². The summed E-state index contributed by atoms with van der Waals surface area (Å²) in [7, 11) is 0. The van der Waals surface area contributed by atoms with Gasteiger partial charge in [0.1, 0.15) is 0 Å². The van der Waals surface area contributed by atoms with Crippen LogP contribution in [0.2, 0.25) is 10.0 Å². The van der Waals surface area contributed by atoms with Crippen LogP contribution in [0.15, 0.2) is 18.2 Å². The zero-order valence-corrected chi connectivity index (χ0v) is 8.48. The third-order valence-corrected chi connectivity index (χ3v) is 3.05. The number of rotatable bonds is 1. The van der Waals surface area contributed by atoms with E-state index in [1.165, 1.54) is 0 Å². The van der Waals surface area contributed by atoms with Gasteiger partial charge in [0, 0.05) is 5.92 Å². The molecule has 1 atom stereocenters. The van der Waals surface area contributed by atoms with E-state index >= 15 is 0 Å². The lowest BCUT2D eigenvalue weighted by Gasteiger charge is -2.10. The molecule has 1 saturated heterocycles. The molecule has 0 bridgehead atoms. The second kappa shape index (κ2) is 3.87. The Morgan fingerprint density at radius 2 is 2.15 bits per heavy atom. The van der Waals surface area contributed by atoms with Gasteiger partial charge in [0.15, 0.2) is 0 Å². The van der Waals surface area contributed by atoms with Gasteiger partial charge in [-0.2, -0.15) is 0 Å². The lowest BCUT2D eigenvalue weighted by Crippen LogP contribution is -1.98. The van der Waals surface area contributed by atoms with Crippen LogP contribution in [-0.2, 0) is 4.74 Å². The molecule has 3 heteroatoms. The highest BCUT2D eigenvalue weighted by molar-refractivity contribution is 6.42. The van der Waals surface area contributed by atoms with Gasteiger partial charge in [-0.3, -0.25) is 0 Å². The molecule has 1 heterocycles. The summed E-state index contributed by atoms with van der Waals surface area (Å²) in [5, 5.41) is 1.28. The summed E-state index contributed by atoms with van der Waals surface area (Å²) in [6, 6.07) is 5.72. The van der Waals surface area contributed by atoms with Gasteiger partial charge in [-0.05, 0) is 18.1 Å². The Bertz CT molecular complexity index is 306. The van der Waals surface area contributed by atoms with Gasteiger partial charge in [-0.1, -0.05) is 35.3 Å². The maximum atomic E-state index is 6.07. The number of hydrogen-bond acceptors (Lipinski definition) is 1. The molecule has 0 aromatic heterocycles. The fourth-order valence-electron chi connectivity index (χ4n) is 1.49. The van der Waals surface area contributed by atoms with Crippen molar-refractivity contribution in [3.8, 4) is 0 Å². The molecule has 0 saturated carbocycles. The molecule has 1 aromatic rings. The Morgan fingerprint density at radius 3 is 2.85 bits per heavy atom. The largest absolute Gasteiger partial charge is 0.375 e. The Hall–Kier alpha value is -0.240. The normalized spacial score (nSPS) is 22.2. The lowest BCUT2D eigenvalue weighted by atomic mass is 9.99. The van der Waals surface area contributed by atoms with Crippen LogP contribution in [0.1, 0.15) is 17.9 Å². The van der Waals surface area contributed by atoms with Crippen molar-refractivity contribution in [1.29, 1.82) is 0 Å². The maximum Gasteiger partial charge on any atom is 0.0843 e. The van der Waals surface area contributed by atoms with Crippen LogP contribution in [-0.4, -0.2) is 6.61 Å². The zero-order valence-electron chi connectivity index (χ0n) is 6.97. The molecule has 1 fully saturated rings. The molecule has 1 aliphatic heterocycles. The van der Waals surface area contributed by atoms with Crippen molar-refractivity contribution in [1.82, 2.24) is 0 Å². The minimum Gasteiger partial charge on any atom is -0.375 e. The number of hydrogen-bond donors (Lipinski definition) is 0. The van der Waals surface area contributed by atoms with E-state index in [1.807, 2.05) is 18.7 Å². The van der Waals surface area contributed by atoms with Crippen LogP contribution in [0.4, 0.5) is 0 Å². The third kappa shape index (κ3) is 1.83. The molecule has 2 rings (SSSR count). The summed E-state index contributed by atoms with van der Waals surface area (Å²) in [6.45, 7) is 2.53. The minimum atomic E-state index is 0.367. The van der Waals surface area contributed by atoms with Crippen LogP contribution in [0, 0.1) is 6.61 Å². The Balaban J connectivity index is 2.33. The predicted octanol–water partition coefficient (Wildman–Crippen LogP) is 3.66. The highest BCUT2D eigenvalue weighted by atomic mass is 35.5. The Labute approximate surface area is 87.6 Å². The molecule has 1 radical (unpaired) electrons. The van der Waals surface area contributed by atoms with Crippen LogP contribution in [0.5, 0.6) is 0 Å². The molecule has 1 nitrogen and oxygen atoms in total. The van der Waals surface area contributed by atoms with E-state index in [9.17, 15) is 0 Å². The Morgan fingerprint density at radius 1 is 1.31 bits per heavy atom. The lowest BCUT2D eigenvalue weighted by molar-refractivity contribution is 0.247. The topological polar surface area (TPSA) is 9.23 Å². The van der Waals surface area contributed by atoms with E-state index < -0.39 is 0 Å². The van der Waals surface area contributed by atoms with E-state index in [0.717, 1.165) is 12.0 Å². The van der Waals surface area contributed by atoms with Gasteiger partial charge in [0.25, 0.3) is 0 Å².